The van der Waals surface area contributed by atoms with Gasteiger partial charge in [-0.2, -0.15) is 0 Å². The molecule has 0 saturated carbocycles. The molecule has 90 valence electrons. The van der Waals surface area contributed by atoms with Crippen LogP contribution in [0.5, 0.6) is 11.5 Å². The number of unbranched alkanes of at least 4 members (excludes halogenated alkanes) is 1. The van der Waals surface area contributed by atoms with Crippen molar-refractivity contribution in [3.05, 3.63) is 24.3 Å². The summed E-state index contributed by atoms with van der Waals surface area (Å²) in [6, 6.07) is 6.69. The van der Waals surface area contributed by atoms with Gasteiger partial charge in [0.25, 0.3) is 0 Å². The monoisotopic (exact) mass is 224 g/mol. The standard InChI is InChI=1S/C13H20O3/c1-3-5-10-15-13(4-2)16-12-8-6-11(14)7-9-12/h6-9,13-14H,3-5,10H2,1-2H3. The maximum Gasteiger partial charge on any atom is 0.199 e. The molecule has 1 N–H and O–H groups in total. The average Bonchev–Trinajstić information content (AvgIpc) is 2.31. The van der Waals surface area contributed by atoms with Gasteiger partial charge in [-0.1, -0.05) is 20.3 Å². The van der Waals surface area contributed by atoms with Crippen LogP contribution in [0.25, 0.3) is 0 Å². The Labute approximate surface area is 97.0 Å². The second-order valence-corrected chi connectivity index (χ2v) is 3.67. The van der Waals surface area contributed by atoms with E-state index in [1.165, 1.54) is 0 Å². The fraction of sp³-hybridized carbons (Fsp3) is 0.538. The van der Waals surface area contributed by atoms with E-state index in [1.807, 2.05) is 6.92 Å². The molecule has 3 nitrogen and oxygen atoms in total. The summed E-state index contributed by atoms with van der Waals surface area (Å²) in [6.07, 6.45) is 2.78. The van der Waals surface area contributed by atoms with E-state index in [0.29, 0.717) is 0 Å². The van der Waals surface area contributed by atoms with Crippen molar-refractivity contribution in [1.82, 2.24) is 0 Å². The van der Waals surface area contributed by atoms with Gasteiger partial charge in [0.1, 0.15) is 11.5 Å². The average molecular weight is 224 g/mol. The Morgan fingerprint density at radius 2 is 1.88 bits per heavy atom. The van der Waals surface area contributed by atoms with Crippen LogP contribution < -0.4 is 4.74 Å². The van der Waals surface area contributed by atoms with Crippen molar-refractivity contribution in [1.29, 1.82) is 0 Å². The van der Waals surface area contributed by atoms with E-state index < -0.39 is 0 Å². The van der Waals surface area contributed by atoms with Crippen LogP contribution in [0.1, 0.15) is 33.1 Å². The first-order chi connectivity index (χ1) is 7.76. The predicted octanol–water partition coefficient (Wildman–Crippen LogP) is 3.32. The second-order valence-electron chi connectivity index (χ2n) is 3.67. The van der Waals surface area contributed by atoms with Crippen molar-refractivity contribution in [2.75, 3.05) is 6.61 Å². The molecule has 1 atom stereocenters. The van der Waals surface area contributed by atoms with E-state index in [4.69, 9.17) is 14.6 Å². The topological polar surface area (TPSA) is 38.7 Å². The lowest BCUT2D eigenvalue weighted by Crippen LogP contribution is -2.20. The van der Waals surface area contributed by atoms with Gasteiger partial charge in [0.2, 0.25) is 0 Å². The van der Waals surface area contributed by atoms with E-state index in [-0.39, 0.29) is 12.0 Å². The number of phenolic OH excluding ortho intramolecular Hbond substituents is 1. The molecular formula is C13H20O3. The zero-order valence-electron chi connectivity index (χ0n) is 9.98. The summed E-state index contributed by atoms with van der Waals surface area (Å²) in [5, 5.41) is 9.13. The molecule has 0 spiro atoms. The van der Waals surface area contributed by atoms with Crippen molar-refractivity contribution >= 4 is 0 Å². The van der Waals surface area contributed by atoms with E-state index in [9.17, 15) is 0 Å². The highest BCUT2D eigenvalue weighted by molar-refractivity contribution is 5.30. The number of rotatable bonds is 7. The predicted molar refractivity (Wildman–Crippen MR) is 63.7 cm³/mol. The van der Waals surface area contributed by atoms with Crippen molar-refractivity contribution in [2.45, 2.75) is 39.4 Å². The Kier molecular flexibility index (Phi) is 5.72. The van der Waals surface area contributed by atoms with Crippen molar-refractivity contribution in [2.24, 2.45) is 0 Å². The molecule has 1 unspecified atom stereocenters. The van der Waals surface area contributed by atoms with Gasteiger partial charge in [0, 0.05) is 6.42 Å². The molecule has 0 saturated heterocycles. The summed E-state index contributed by atoms with van der Waals surface area (Å²) in [6.45, 7) is 4.88. The minimum atomic E-state index is -0.198. The Morgan fingerprint density at radius 3 is 2.44 bits per heavy atom. The van der Waals surface area contributed by atoms with Gasteiger partial charge in [-0.15, -0.1) is 0 Å². The molecule has 0 amide bonds. The molecule has 0 bridgehead atoms. The molecule has 1 rings (SSSR count). The summed E-state index contributed by atoms with van der Waals surface area (Å²) < 4.78 is 11.2. The summed E-state index contributed by atoms with van der Waals surface area (Å²) in [5.41, 5.74) is 0. The van der Waals surface area contributed by atoms with Crippen LogP contribution >= 0.6 is 0 Å². The number of hydrogen-bond donors (Lipinski definition) is 1. The molecule has 0 aliphatic carbocycles. The van der Waals surface area contributed by atoms with Gasteiger partial charge in [0.15, 0.2) is 6.29 Å². The smallest absolute Gasteiger partial charge is 0.199 e. The first-order valence-electron chi connectivity index (χ1n) is 5.83. The normalized spacial score (nSPS) is 12.4. The lowest BCUT2D eigenvalue weighted by atomic mass is 10.3. The van der Waals surface area contributed by atoms with E-state index >= 15 is 0 Å². The third kappa shape index (κ3) is 4.53. The lowest BCUT2D eigenvalue weighted by molar-refractivity contribution is -0.0823. The van der Waals surface area contributed by atoms with Crippen LogP contribution in [-0.2, 0) is 4.74 Å². The largest absolute Gasteiger partial charge is 0.508 e. The van der Waals surface area contributed by atoms with Crippen molar-refractivity contribution in [3.63, 3.8) is 0 Å². The number of hydrogen-bond acceptors (Lipinski definition) is 3. The molecule has 0 heterocycles. The third-order valence-electron chi connectivity index (χ3n) is 2.24. The van der Waals surface area contributed by atoms with Crippen molar-refractivity contribution in [3.8, 4) is 11.5 Å². The third-order valence-corrected chi connectivity index (χ3v) is 2.24. The van der Waals surface area contributed by atoms with Gasteiger partial charge in [-0.05, 0) is 30.7 Å². The minimum absolute atomic E-state index is 0.198. The van der Waals surface area contributed by atoms with Crippen LogP contribution in [0, 0.1) is 0 Å². The molecule has 0 fully saturated rings. The van der Waals surface area contributed by atoms with Crippen molar-refractivity contribution < 1.29 is 14.6 Å². The lowest BCUT2D eigenvalue weighted by Gasteiger charge is -2.17. The summed E-state index contributed by atoms with van der Waals surface area (Å²) in [5.74, 6) is 0.966. The quantitative estimate of drug-likeness (QED) is 0.570. The highest BCUT2D eigenvalue weighted by Crippen LogP contribution is 2.18. The van der Waals surface area contributed by atoms with Crippen LogP contribution in [0.15, 0.2) is 24.3 Å². The zero-order chi connectivity index (χ0) is 11.8. The molecule has 1 aromatic carbocycles. The molecule has 0 aromatic heterocycles. The van der Waals surface area contributed by atoms with Crippen LogP contribution in [0.4, 0.5) is 0 Å². The minimum Gasteiger partial charge on any atom is -0.508 e. The number of phenols is 1. The van der Waals surface area contributed by atoms with Crippen LogP contribution in [-0.4, -0.2) is 18.0 Å². The zero-order valence-corrected chi connectivity index (χ0v) is 9.98. The Balaban J connectivity index is 2.40. The second kappa shape index (κ2) is 7.12. The summed E-state index contributed by atoms with van der Waals surface area (Å²) >= 11 is 0. The van der Waals surface area contributed by atoms with Gasteiger partial charge in [-0.25, -0.2) is 0 Å². The molecule has 0 aliphatic heterocycles. The fourth-order valence-corrected chi connectivity index (χ4v) is 1.27. The number of ether oxygens (including phenoxy) is 2. The Bertz CT molecular complexity index is 282. The van der Waals surface area contributed by atoms with Gasteiger partial charge in [0.05, 0.1) is 6.61 Å². The molecular weight excluding hydrogens is 204 g/mol. The first kappa shape index (κ1) is 12.8. The van der Waals surface area contributed by atoms with Crippen LogP contribution in [0.3, 0.4) is 0 Å². The van der Waals surface area contributed by atoms with E-state index in [0.717, 1.165) is 31.6 Å². The maximum absolute atomic E-state index is 9.13. The first-order valence-corrected chi connectivity index (χ1v) is 5.83. The molecule has 3 heteroatoms. The highest BCUT2D eigenvalue weighted by atomic mass is 16.7. The van der Waals surface area contributed by atoms with Gasteiger partial charge in [-0.3, -0.25) is 0 Å². The maximum atomic E-state index is 9.13. The summed E-state index contributed by atoms with van der Waals surface area (Å²) in [4.78, 5) is 0. The summed E-state index contributed by atoms with van der Waals surface area (Å²) in [7, 11) is 0. The molecule has 0 radical (unpaired) electrons. The fourth-order valence-electron chi connectivity index (χ4n) is 1.27. The number of benzene rings is 1. The molecule has 1 aromatic rings. The molecule has 0 aliphatic rings. The van der Waals surface area contributed by atoms with E-state index in [2.05, 4.69) is 6.92 Å². The van der Waals surface area contributed by atoms with E-state index in [1.54, 1.807) is 24.3 Å². The Hall–Kier alpha value is -1.22. The Morgan fingerprint density at radius 1 is 1.19 bits per heavy atom. The van der Waals surface area contributed by atoms with Crippen LogP contribution in [0.2, 0.25) is 0 Å². The molecule has 16 heavy (non-hydrogen) atoms. The van der Waals surface area contributed by atoms with Gasteiger partial charge >= 0.3 is 0 Å². The highest BCUT2D eigenvalue weighted by Gasteiger charge is 2.07. The van der Waals surface area contributed by atoms with Gasteiger partial charge < -0.3 is 14.6 Å². The SMILES string of the molecule is CCCCOC(CC)Oc1ccc(O)cc1. The number of aromatic hydroxyl groups is 1.